The molecule has 0 bridgehead atoms. The van der Waals surface area contributed by atoms with Gasteiger partial charge in [0.15, 0.2) is 0 Å². The Balaban J connectivity index is 1.86. The lowest BCUT2D eigenvalue weighted by Gasteiger charge is -2.35. The lowest BCUT2D eigenvalue weighted by Crippen LogP contribution is -2.51. The molecule has 0 saturated carbocycles. The Bertz CT molecular complexity index is 269. The van der Waals surface area contributed by atoms with Gasteiger partial charge in [0.2, 0.25) is 5.91 Å². The largest absolute Gasteiger partial charge is 0.384 e. The van der Waals surface area contributed by atoms with Crippen LogP contribution < -0.4 is 10.6 Å². The lowest BCUT2D eigenvalue weighted by molar-refractivity contribution is -0.136. The number of amides is 1. The van der Waals surface area contributed by atoms with Crippen LogP contribution in [0.1, 0.15) is 25.7 Å². The van der Waals surface area contributed by atoms with Gasteiger partial charge in [-0.1, -0.05) is 0 Å². The molecular formula is C13H24N2O2S. The number of hydrogen-bond donors (Lipinski definition) is 2. The molecule has 0 aromatic rings. The van der Waals surface area contributed by atoms with E-state index in [9.17, 15) is 4.79 Å². The highest BCUT2D eigenvalue weighted by Gasteiger charge is 2.39. The molecule has 1 atom stereocenters. The molecule has 0 spiro atoms. The molecule has 1 amide bonds. The van der Waals surface area contributed by atoms with Crippen molar-refractivity contribution in [2.45, 2.75) is 30.9 Å². The maximum Gasteiger partial charge on any atom is 0.228 e. The number of ether oxygens (including phenoxy) is 1. The average molecular weight is 272 g/mol. The number of carbonyl (C=O) groups excluding carboxylic acids is 1. The zero-order valence-electron chi connectivity index (χ0n) is 11.2. The van der Waals surface area contributed by atoms with Crippen molar-refractivity contribution in [3.05, 3.63) is 0 Å². The molecule has 0 aromatic carbocycles. The molecule has 4 nitrogen and oxygen atoms in total. The molecule has 2 N–H and O–H groups in total. The van der Waals surface area contributed by atoms with E-state index in [1.165, 1.54) is 18.6 Å². The summed E-state index contributed by atoms with van der Waals surface area (Å²) in [5.74, 6) is 1.44. The number of hydrogen-bond acceptors (Lipinski definition) is 4. The van der Waals surface area contributed by atoms with Gasteiger partial charge >= 0.3 is 0 Å². The maximum absolute atomic E-state index is 12.4. The highest BCUT2D eigenvalue weighted by molar-refractivity contribution is 8.00. The quantitative estimate of drug-likeness (QED) is 0.784. The van der Waals surface area contributed by atoms with E-state index in [0.717, 1.165) is 32.5 Å². The fourth-order valence-electron chi connectivity index (χ4n) is 2.82. The van der Waals surface area contributed by atoms with E-state index in [2.05, 4.69) is 10.6 Å². The van der Waals surface area contributed by atoms with Gasteiger partial charge < -0.3 is 15.4 Å². The molecule has 2 rings (SSSR count). The minimum Gasteiger partial charge on any atom is -0.384 e. The molecule has 2 heterocycles. The first-order chi connectivity index (χ1) is 8.77. The Labute approximate surface area is 114 Å². The SMILES string of the molecule is COCC1(C(=O)NCC2CCCS2)CCNCC1. The van der Waals surface area contributed by atoms with Crippen LogP contribution in [-0.2, 0) is 9.53 Å². The van der Waals surface area contributed by atoms with E-state index in [4.69, 9.17) is 4.74 Å². The predicted molar refractivity (Wildman–Crippen MR) is 74.9 cm³/mol. The molecule has 2 aliphatic heterocycles. The van der Waals surface area contributed by atoms with E-state index in [1.807, 2.05) is 11.8 Å². The summed E-state index contributed by atoms with van der Waals surface area (Å²) in [6, 6.07) is 0. The topological polar surface area (TPSA) is 50.4 Å². The van der Waals surface area contributed by atoms with E-state index < -0.39 is 0 Å². The lowest BCUT2D eigenvalue weighted by atomic mass is 9.78. The summed E-state index contributed by atoms with van der Waals surface area (Å²) in [5, 5.41) is 7.08. The van der Waals surface area contributed by atoms with Crippen LogP contribution in [0.25, 0.3) is 0 Å². The van der Waals surface area contributed by atoms with Crippen molar-refractivity contribution < 1.29 is 9.53 Å². The van der Waals surface area contributed by atoms with Gasteiger partial charge in [-0.3, -0.25) is 4.79 Å². The molecule has 5 heteroatoms. The molecule has 104 valence electrons. The molecule has 18 heavy (non-hydrogen) atoms. The van der Waals surface area contributed by atoms with E-state index in [-0.39, 0.29) is 11.3 Å². The smallest absolute Gasteiger partial charge is 0.228 e. The Kier molecular flexibility index (Phi) is 5.33. The maximum atomic E-state index is 12.4. The first-order valence-corrected chi connectivity index (χ1v) is 7.91. The molecule has 2 fully saturated rings. The van der Waals surface area contributed by atoms with Crippen molar-refractivity contribution in [1.82, 2.24) is 10.6 Å². The Morgan fingerprint density at radius 3 is 2.89 bits per heavy atom. The molecule has 1 unspecified atom stereocenters. The van der Waals surface area contributed by atoms with Gasteiger partial charge in [-0.15, -0.1) is 0 Å². The standard InChI is InChI=1S/C13H24N2O2S/c1-17-10-13(4-6-14-7-5-13)12(16)15-9-11-3-2-8-18-11/h11,14H,2-10H2,1H3,(H,15,16). The molecule has 2 saturated heterocycles. The van der Waals surface area contributed by atoms with Gasteiger partial charge in [-0.2, -0.15) is 11.8 Å². The second kappa shape index (κ2) is 6.78. The monoisotopic (exact) mass is 272 g/mol. The normalized spacial score (nSPS) is 27.1. The molecular weight excluding hydrogens is 248 g/mol. The third-order valence-electron chi connectivity index (χ3n) is 3.98. The average Bonchev–Trinajstić information content (AvgIpc) is 2.90. The number of carbonyl (C=O) groups is 1. The fraction of sp³-hybridized carbons (Fsp3) is 0.923. The van der Waals surface area contributed by atoms with Crippen molar-refractivity contribution in [3.63, 3.8) is 0 Å². The van der Waals surface area contributed by atoms with Crippen molar-refractivity contribution in [2.24, 2.45) is 5.41 Å². The minimum absolute atomic E-state index is 0.193. The Hall–Kier alpha value is -0.260. The third-order valence-corrected chi connectivity index (χ3v) is 5.38. The highest BCUT2D eigenvalue weighted by Crippen LogP contribution is 2.30. The van der Waals surface area contributed by atoms with Crippen LogP contribution >= 0.6 is 11.8 Å². The van der Waals surface area contributed by atoms with Crippen LogP contribution in [0.3, 0.4) is 0 Å². The van der Waals surface area contributed by atoms with Gasteiger partial charge in [-0.05, 0) is 44.5 Å². The zero-order chi connectivity index (χ0) is 12.8. The Morgan fingerprint density at radius 1 is 1.50 bits per heavy atom. The summed E-state index contributed by atoms with van der Waals surface area (Å²) in [4.78, 5) is 12.4. The van der Waals surface area contributed by atoms with Crippen LogP contribution in [0.5, 0.6) is 0 Å². The summed E-state index contributed by atoms with van der Waals surface area (Å²) in [7, 11) is 1.68. The van der Waals surface area contributed by atoms with Crippen LogP contribution in [-0.4, -0.2) is 50.3 Å². The summed E-state index contributed by atoms with van der Waals surface area (Å²) in [5.41, 5.74) is -0.302. The van der Waals surface area contributed by atoms with Crippen molar-refractivity contribution in [3.8, 4) is 0 Å². The summed E-state index contributed by atoms with van der Waals surface area (Å²) >= 11 is 1.98. The predicted octanol–water partition coefficient (Wildman–Crippen LogP) is 1.01. The second-order valence-electron chi connectivity index (χ2n) is 5.31. The molecule has 2 aliphatic rings. The minimum atomic E-state index is -0.302. The molecule has 0 aromatic heterocycles. The van der Waals surface area contributed by atoms with Crippen LogP contribution in [0.4, 0.5) is 0 Å². The van der Waals surface area contributed by atoms with Crippen LogP contribution in [0.15, 0.2) is 0 Å². The first-order valence-electron chi connectivity index (χ1n) is 6.86. The number of thioether (sulfide) groups is 1. The van der Waals surface area contributed by atoms with Crippen LogP contribution in [0.2, 0.25) is 0 Å². The summed E-state index contributed by atoms with van der Waals surface area (Å²) < 4.78 is 5.28. The number of nitrogens with one attached hydrogen (secondary N) is 2. The number of methoxy groups -OCH3 is 1. The van der Waals surface area contributed by atoms with Gasteiger partial charge in [0.1, 0.15) is 0 Å². The Morgan fingerprint density at radius 2 is 2.28 bits per heavy atom. The fourth-order valence-corrected chi connectivity index (χ4v) is 4.02. The number of rotatable bonds is 5. The van der Waals surface area contributed by atoms with Crippen molar-refractivity contribution in [2.75, 3.05) is 39.1 Å². The summed E-state index contributed by atoms with van der Waals surface area (Å²) in [6.45, 7) is 3.19. The van der Waals surface area contributed by atoms with E-state index in [1.54, 1.807) is 7.11 Å². The third kappa shape index (κ3) is 3.39. The van der Waals surface area contributed by atoms with E-state index >= 15 is 0 Å². The van der Waals surface area contributed by atoms with Gasteiger partial charge in [0, 0.05) is 18.9 Å². The van der Waals surface area contributed by atoms with Crippen LogP contribution in [0, 0.1) is 5.41 Å². The first kappa shape index (κ1) is 14.2. The van der Waals surface area contributed by atoms with Gasteiger partial charge in [0.25, 0.3) is 0 Å². The molecule has 0 aliphatic carbocycles. The van der Waals surface area contributed by atoms with Gasteiger partial charge in [-0.25, -0.2) is 0 Å². The van der Waals surface area contributed by atoms with Crippen molar-refractivity contribution in [1.29, 1.82) is 0 Å². The second-order valence-corrected chi connectivity index (χ2v) is 6.72. The summed E-state index contributed by atoms with van der Waals surface area (Å²) in [6.07, 6.45) is 4.29. The van der Waals surface area contributed by atoms with Crippen molar-refractivity contribution >= 4 is 17.7 Å². The van der Waals surface area contributed by atoms with Gasteiger partial charge in [0.05, 0.1) is 12.0 Å². The zero-order valence-corrected chi connectivity index (χ0v) is 12.0. The number of piperidine rings is 1. The highest BCUT2D eigenvalue weighted by atomic mass is 32.2. The van der Waals surface area contributed by atoms with E-state index in [0.29, 0.717) is 11.9 Å². The molecule has 0 radical (unpaired) electrons.